The molecule has 14 heteroatoms. The van der Waals surface area contributed by atoms with Crippen LogP contribution in [0.1, 0.15) is 79.4 Å². The average molecular weight is 610 g/mol. The van der Waals surface area contributed by atoms with Gasteiger partial charge in [0, 0.05) is 19.8 Å². The predicted octanol–water partition coefficient (Wildman–Crippen LogP) is 4.09. The van der Waals surface area contributed by atoms with Gasteiger partial charge in [0.1, 0.15) is 30.0 Å². The summed E-state index contributed by atoms with van der Waals surface area (Å²) in [5.74, 6) is 2.70. The van der Waals surface area contributed by atoms with Crippen LogP contribution in [0.5, 0.6) is 0 Å². The van der Waals surface area contributed by atoms with Crippen LogP contribution in [0.2, 0.25) is 5.28 Å². The second-order valence-corrected chi connectivity index (χ2v) is 13.5. The molecule has 1 saturated heterocycles. The maximum absolute atomic E-state index is 13.6. The van der Waals surface area contributed by atoms with E-state index >= 15 is 0 Å². The number of hydrogen-bond donors (Lipinski definition) is 3. The van der Waals surface area contributed by atoms with Crippen molar-refractivity contribution >= 4 is 42.6 Å². The molecule has 1 saturated carbocycles. The summed E-state index contributed by atoms with van der Waals surface area (Å²) in [6, 6.07) is 0. The lowest BCUT2D eigenvalue weighted by Crippen LogP contribution is -2.52. The number of hydrogen-bond acceptors (Lipinski definition) is 11. The number of halogens is 1. The van der Waals surface area contributed by atoms with Gasteiger partial charge in [-0.25, -0.2) is 4.98 Å². The highest BCUT2D eigenvalue weighted by Crippen LogP contribution is 2.49. The highest BCUT2D eigenvalue weighted by molar-refractivity contribution is 7.41. The van der Waals surface area contributed by atoms with Crippen molar-refractivity contribution in [2.45, 2.75) is 108 Å². The minimum Gasteiger partial charge on any atom is -0.461 e. The zero-order valence-electron chi connectivity index (χ0n) is 24.1. The molecular formula is C27H39ClN6O6P+. The van der Waals surface area contributed by atoms with Gasteiger partial charge in [-0.05, 0) is 48.3 Å². The third kappa shape index (κ3) is 6.36. The number of rotatable bonds is 13. The predicted molar refractivity (Wildman–Crippen MR) is 154 cm³/mol. The third-order valence-corrected chi connectivity index (χ3v) is 9.93. The molecule has 12 nitrogen and oxygen atoms in total. The maximum atomic E-state index is 13.6. The van der Waals surface area contributed by atoms with Crippen LogP contribution in [0.15, 0.2) is 6.33 Å². The van der Waals surface area contributed by atoms with E-state index in [4.69, 9.17) is 37.8 Å². The molecule has 4 unspecified atom stereocenters. The zero-order valence-corrected chi connectivity index (χ0v) is 25.7. The topological polar surface area (TPSA) is 164 Å². The number of nitrogens with one attached hydrogen (secondary N) is 1. The Morgan fingerprint density at radius 1 is 1.44 bits per heavy atom. The van der Waals surface area contributed by atoms with Crippen molar-refractivity contribution in [3.8, 4) is 12.3 Å². The standard InChI is InChI=1S/C27H39ClN6O6P/c1-7-16(4)12-17(5)39-23(36)26(10-11-26)33-25(6,8-2)41(37)38-14-27(9-3)18(35)13-19(40-27)34-15-30-20-21(29)31-24(28)32-22(20)34/h3,15-19,33,35H,7-8,10-14H2,1-2,4-6H3,(H2,29,31,32)/q+1/t16?,17?,18-,19+,25?,27+/m0/s1. The molecular weight excluding hydrogens is 571 g/mol. The highest BCUT2D eigenvalue weighted by atomic mass is 35.5. The van der Waals surface area contributed by atoms with Crippen LogP contribution in [-0.4, -0.2) is 65.8 Å². The normalized spacial score (nSPS) is 26.6. The Morgan fingerprint density at radius 2 is 2.15 bits per heavy atom. The largest absolute Gasteiger partial charge is 0.530 e. The second-order valence-electron chi connectivity index (χ2n) is 11.4. The van der Waals surface area contributed by atoms with Crippen LogP contribution >= 0.6 is 19.6 Å². The van der Waals surface area contributed by atoms with Gasteiger partial charge in [0.15, 0.2) is 17.1 Å². The Balaban J connectivity index is 1.43. The van der Waals surface area contributed by atoms with Crippen LogP contribution in [-0.2, 0) is 23.4 Å². The van der Waals surface area contributed by atoms with Gasteiger partial charge in [0.05, 0.1) is 12.4 Å². The van der Waals surface area contributed by atoms with Crippen LogP contribution < -0.4 is 11.1 Å². The summed E-state index contributed by atoms with van der Waals surface area (Å²) in [6.07, 6.45) is 8.58. The van der Waals surface area contributed by atoms with E-state index in [0.717, 1.165) is 12.8 Å². The molecule has 0 bridgehead atoms. The summed E-state index contributed by atoms with van der Waals surface area (Å²) < 4.78 is 32.8. The highest BCUT2D eigenvalue weighted by Gasteiger charge is 2.61. The summed E-state index contributed by atoms with van der Waals surface area (Å²) in [4.78, 5) is 25.4. The summed E-state index contributed by atoms with van der Waals surface area (Å²) in [5, 5.41) is 13.1. The molecule has 0 radical (unpaired) electrons. The summed E-state index contributed by atoms with van der Waals surface area (Å²) >= 11 is 5.98. The van der Waals surface area contributed by atoms with E-state index in [1.54, 1.807) is 11.5 Å². The molecule has 4 rings (SSSR count). The minimum absolute atomic E-state index is 0.0625. The van der Waals surface area contributed by atoms with Crippen molar-refractivity contribution in [2.24, 2.45) is 5.92 Å². The number of ether oxygens (including phenoxy) is 2. The number of terminal acetylenes is 1. The third-order valence-electron chi connectivity index (χ3n) is 8.16. The van der Waals surface area contributed by atoms with E-state index in [-0.39, 0.29) is 36.2 Å². The number of anilines is 1. The van der Waals surface area contributed by atoms with Crippen molar-refractivity contribution in [1.29, 1.82) is 0 Å². The number of nitrogens with two attached hydrogens (primary N) is 1. The molecule has 2 fully saturated rings. The molecule has 0 aromatic carbocycles. The number of aliphatic hydroxyl groups excluding tert-OH is 1. The van der Waals surface area contributed by atoms with Gasteiger partial charge in [-0.3, -0.25) is 14.7 Å². The number of nitrogens with zero attached hydrogens (tertiary/aromatic N) is 4. The van der Waals surface area contributed by atoms with Gasteiger partial charge < -0.3 is 20.3 Å². The molecule has 2 aromatic rings. The lowest BCUT2D eigenvalue weighted by Gasteiger charge is -2.27. The molecule has 4 N–H and O–H groups in total. The van der Waals surface area contributed by atoms with E-state index < -0.39 is 36.8 Å². The fourth-order valence-electron chi connectivity index (χ4n) is 5.00. The first-order valence-electron chi connectivity index (χ1n) is 13.9. The van der Waals surface area contributed by atoms with Crippen LogP contribution in [0.25, 0.3) is 11.2 Å². The Morgan fingerprint density at radius 3 is 2.76 bits per heavy atom. The van der Waals surface area contributed by atoms with Crippen molar-refractivity contribution in [3.05, 3.63) is 11.6 Å². The van der Waals surface area contributed by atoms with Crippen LogP contribution in [0, 0.1) is 18.3 Å². The number of esters is 1. The number of fused-ring (bicyclic) bond motifs is 1. The van der Waals surface area contributed by atoms with Gasteiger partial charge in [-0.2, -0.15) is 9.97 Å². The Kier molecular flexibility index (Phi) is 9.29. The Labute approximate surface area is 245 Å². The number of aromatic nitrogens is 4. The molecule has 0 amide bonds. The van der Waals surface area contributed by atoms with E-state index in [9.17, 15) is 14.5 Å². The van der Waals surface area contributed by atoms with Crippen molar-refractivity contribution in [2.75, 3.05) is 12.3 Å². The molecule has 2 aliphatic rings. The van der Waals surface area contributed by atoms with Crippen LogP contribution in [0.4, 0.5) is 5.82 Å². The SMILES string of the molecule is C#C[C@]1(CO[P+](=O)C(C)(CC)NC2(C(=O)OC(C)CC(C)CC)CC2)O[C@@H](n2cnc3c(N)nc(Cl)nc32)C[C@@H]1O. The summed E-state index contributed by atoms with van der Waals surface area (Å²) in [5.41, 5.74) is 4.06. The Hall–Kier alpha value is -2.39. The first-order valence-corrected chi connectivity index (χ1v) is 15.5. The molecule has 3 heterocycles. The fourth-order valence-corrected chi connectivity index (χ4v) is 6.33. The fraction of sp³-hybridized carbons (Fsp3) is 0.704. The lowest BCUT2D eigenvalue weighted by molar-refractivity contribution is -0.153. The molecule has 1 aliphatic carbocycles. The van der Waals surface area contributed by atoms with Gasteiger partial charge >= 0.3 is 14.0 Å². The number of carbonyl (C=O) groups is 1. The van der Waals surface area contributed by atoms with Gasteiger partial charge in [-0.15, -0.1) is 10.9 Å². The second kappa shape index (κ2) is 12.1. The lowest BCUT2D eigenvalue weighted by atomic mass is 9.99. The number of nitrogen functional groups attached to an aromatic ring is 1. The van der Waals surface area contributed by atoms with Gasteiger partial charge in [-0.1, -0.05) is 33.1 Å². The van der Waals surface area contributed by atoms with E-state index in [0.29, 0.717) is 36.3 Å². The van der Waals surface area contributed by atoms with E-state index in [1.165, 1.54) is 6.33 Å². The van der Waals surface area contributed by atoms with E-state index in [1.807, 2.05) is 13.8 Å². The van der Waals surface area contributed by atoms with Crippen molar-refractivity contribution in [3.63, 3.8) is 0 Å². The first-order chi connectivity index (χ1) is 19.3. The molecule has 7 atom stereocenters. The molecule has 224 valence electrons. The van der Waals surface area contributed by atoms with Gasteiger partial charge in [0.25, 0.3) is 0 Å². The molecule has 2 aromatic heterocycles. The van der Waals surface area contributed by atoms with E-state index in [2.05, 4.69) is 40.0 Å². The molecule has 1 aliphatic heterocycles. The number of carbonyl (C=O) groups excluding carboxylic acids is 1. The zero-order chi connectivity index (χ0) is 30.2. The monoisotopic (exact) mass is 609 g/mol. The molecule has 41 heavy (non-hydrogen) atoms. The minimum atomic E-state index is -2.41. The summed E-state index contributed by atoms with van der Waals surface area (Å²) in [7, 11) is -2.41. The quantitative estimate of drug-likeness (QED) is 0.130. The van der Waals surface area contributed by atoms with Crippen LogP contribution in [0.3, 0.4) is 0 Å². The van der Waals surface area contributed by atoms with Gasteiger partial charge in [0.2, 0.25) is 10.6 Å². The smallest absolute Gasteiger partial charge is 0.461 e. The van der Waals surface area contributed by atoms with Crippen molar-refractivity contribution in [1.82, 2.24) is 24.8 Å². The number of aliphatic hydroxyl groups is 1. The summed E-state index contributed by atoms with van der Waals surface area (Å²) in [6.45, 7) is 9.37. The first kappa shape index (κ1) is 31.5. The maximum Gasteiger partial charge on any atom is 0.530 e. The number of imidazole rings is 1. The van der Waals surface area contributed by atoms with Crippen molar-refractivity contribution < 1.29 is 28.5 Å². The average Bonchev–Trinajstić information content (AvgIpc) is 3.46. The molecule has 0 spiro atoms. The Bertz CT molecular complexity index is 1350.